The highest BCUT2D eigenvalue weighted by Crippen LogP contribution is 2.22. The third-order valence-electron chi connectivity index (χ3n) is 3.08. The van der Waals surface area contributed by atoms with Gasteiger partial charge in [-0.15, -0.1) is 6.58 Å². The minimum Gasteiger partial charge on any atom is -0.497 e. The summed E-state index contributed by atoms with van der Waals surface area (Å²) in [7, 11) is 3.05. The van der Waals surface area contributed by atoms with Crippen LogP contribution in [-0.4, -0.2) is 50.6 Å². The van der Waals surface area contributed by atoms with Crippen molar-refractivity contribution in [3.63, 3.8) is 0 Å². The van der Waals surface area contributed by atoms with Gasteiger partial charge in [-0.05, 0) is 12.1 Å². The summed E-state index contributed by atoms with van der Waals surface area (Å²) in [5, 5.41) is 2.77. The molecule has 0 aliphatic rings. The SMILES string of the molecule is C=CCN(CCNC(=O)c1cc(OC)cc(OC)c1)C(C)=O. The molecule has 6 nitrogen and oxygen atoms in total. The van der Waals surface area contributed by atoms with Crippen LogP contribution in [0.1, 0.15) is 17.3 Å². The van der Waals surface area contributed by atoms with Crippen molar-refractivity contribution in [2.45, 2.75) is 6.92 Å². The normalized spacial score (nSPS) is 9.77. The fourth-order valence-electron chi connectivity index (χ4n) is 1.88. The second-order valence-corrected chi connectivity index (χ2v) is 4.61. The Bertz CT molecular complexity index is 521. The Morgan fingerprint density at radius 1 is 1.23 bits per heavy atom. The first-order valence-corrected chi connectivity index (χ1v) is 6.89. The third kappa shape index (κ3) is 5.12. The third-order valence-corrected chi connectivity index (χ3v) is 3.08. The number of benzene rings is 1. The van der Waals surface area contributed by atoms with E-state index < -0.39 is 0 Å². The summed E-state index contributed by atoms with van der Waals surface area (Å²) >= 11 is 0. The zero-order valence-corrected chi connectivity index (χ0v) is 13.2. The number of carbonyl (C=O) groups excluding carboxylic acids is 2. The van der Waals surface area contributed by atoms with E-state index in [2.05, 4.69) is 11.9 Å². The second kappa shape index (κ2) is 8.71. The average Bonchev–Trinajstić information content (AvgIpc) is 2.53. The molecule has 0 aliphatic heterocycles. The molecule has 1 aromatic carbocycles. The van der Waals surface area contributed by atoms with E-state index in [0.29, 0.717) is 36.7 Å². The van der Waals surface area contributed by atoms with Crippen molar-refractivity contribution < 1.29 is 19.1 Å². The van der Waals surface area contributed by atoms with Crippen LogP contribution < -0.4 is 14.8 Å². The summed E-state index contributed by atoms with van der Waals surface area (Å²) in [5.74, 6) is 0.777. The molecule has 0 saturated carbocycles. The van der Waals surface area contributed by atoms with Crippen molar-refractivity contribution in [2.75, 3.05) is 33.9 Å². The van der Waals surface area contributed by atoms with Crippen molar-refractivity contribution in [1.29, 1.82) is 0 Å². The van der Waals surface area contributed by atoms with E-state index in [1.54, 1.807) is 29.2 Å². The monoisotopic (exact) mass is 306 g/mol. The van der Waals surface area contributed by atoms with Crippen molar-refractivity contribution in [3.8, 4) is 11.5 Å². The Labute approximate surface area is 130 Å². The van der Waals surface area contributed by atoms with Gasteiger partial charge in [-0.25, -0.2) is 0 Å². The number of rotatable bonds is 8. The van der Waals surface area contributed by atoms with E-state index in [9.17, 15) is 9.59 Å². The average molecular weight is 306 g/mol. The summed E-state index contributed by atoms with van der Waals surface area (Å²) in [4.78, 5) is 25.1. The topological polar surface area (TPSA) is 67.9 Å². The van der Waals surface area contributed by atoms with Gasteiger partial charge in [0.05, 0.1) is 14.2 Å². The molecule has 2 amide bonds. The van der Waals surface area contributed by atoms with Gasteiger partial charge in [0.1, 0.15) is 11.5 Å². The lowest BCUT2D eigenvalue weighted by Gasteiger charge is -2.19. The smallest absolute Gasteiger partial charge is 0.251 e. The Hall–Kier alpha value is -2.50. The number of nitrogens with one attached hydrogen (secondary N) is 1. The molecule has 0 heterocycles. The quantitative estimate of drug-likeness (QED) is 0.739. The number of methoxy groups -OCH3 is 2. The molecule has 0 atom stereocenters. The zero-order valence-electron chi connectivity index (χ0n) is 13.2. The van der Waals surface area contributed by atoms with Crippen molar-refractivity contribution in [1.82, 2.24) is 10.2 Å². The fraction of sp³-hybridized carbons (Fsp3) is 0.375. The van der Waals surface area contributed by atoms with E-state index in [0.717, 1.165) is 0 Å². The van der Waals surface area contributed by atoms with Gasteiger partial charge in [0.15, 0.2) is 0 Å². The zero-order chi connectivity index (χ0) is 16.5. The first-order chi connectivity index (χ1) is 10.5. The number of amides is 2. The lowest BCUT2D eigenvalue weighted by molar-refractivity contribution is -0.128. The molecule has 0 unspecified atom stereocenters. The molecule has 0 saturated heterocycles. The Morgan fingerprint density at radius 3 is 2.27 bits per heavy atom. The van der Waals surface area contributed by atoms with Crippen LogP contribution >= 0.6 is 0 Å². The van der Waals surface area contributed by atoms with E-state index >= 15 is 0 Å². The van der Waals surface area contributed by atoms with Gasteiger partial charge in [0, 0.05) is 38.2 Å². The van der Waals surface area contributed by atoms with Gasteiger partial charge >= 0.3 is 0 Å². The Kier molecular flexibility index (Phi) is 6.95. The molecule has 0 fully saturated rings. The summed E-state index contributed by atoms with van der Waals surface area (Å²) in [6.45, 7) is 6.32. The molecule has 1 rings (SSSR count). The maximum atomic E-state index is 12.1. The summed E-state index contributed by atoms with van der Waals surface area (Å²) in [5.41, 5.74) is 0.439. The van der Waals surface area contributed by atoms with Gasteiger partial charge in [0.2, 0.25) is 5.91 Å². The van der Waals surface area contributed by atoms with Crippen molar-refractivity contribution in [3.05, 3.63) is 36.4 Å². The largest absolute Gasteiger partial charge is 0.497 e. The molecule has 0 bridgehead atoms. The van der Waals surface area contributed by atoms with Gasteiger partial charge in [-0.1, -0.05) is 6.08 Å². The van der Waals surface area contributed by atoms with E-state index in [4.69, 9.17) is 9.47 Å². The number of carbonyl (C=O) groups is 2. The minimum atomic E-state index is -0.251. The van der Waals surface area contributed by atoms with Gasteiger partial charge in [-0.2, -0.15) is 0 Å². The lowest BCUT2D eigenvalue weighted by atomic mass is 10.2. The second-order valence-electron chi connectivity index (χ2n) is 4.61. The fourth-order valence-corrected chi connectivity index (χ4v) is 1.88. The van der Waals surface area contributed by atoms with Gasteiger partial charge < -0.3 is 19.7 Å². The maximum absolute atomic E-state index is 12.1. The van der Waals surface area contributed by atoms with Crippen LogP contribution in [0.15, 0.2) is 30.9 Å². The van der Waals surface area contributed by atoms with Gasteiger partial charge in [-0.3, -0.25) is 9.59 Å². The standard InChI is InChI=1S/C16H22N2O4/c1-5-7-18(12(2)19)8-6-17-16(20)13-9-14(21-3)11-15(10-13)22-4/h5,9-11H,1,6-8H2,2-4H3,(H,17,20). The minimum absolute atomic E-state index is 0.0581. The molecule has 6 heteroatoms. The molecule has 0 spiro atoms. The number of hydrogen-bond acceptors (Lipinski definition) is 4. The van der Waals surface area contributed by atoms with Crippen molar-refractivity contribution >= 4 is 11.8 Å². The van der Waals surface area contributed by atoms with Crippen LogP contribution in [0.2, 0.25) is 0 Å². The summed E-state index contributed by atoms with van der Waals surface area (Å²) in [6.07, 6.45) is 1.65. The summed E-state index contributed by atoms with van der Waals surface area (Å²) < 4.78 is 10.3. The van der Waals surface area contributed by atoms with E-state index in [-0.39, 0.29) is 11.8 Å². The van der Waals surface area contributed by atoms with Crippen molar-refractivity contribution in [2.24, 2.45) is 0 Å². The molecule has 120 valence electrons. The molecular formula is C16H22N2O4. The van der Waals surface area contributed by atoms with Crippen LogP contribution in [0.25, 0.3) is 0 Å². The highest BCUT2D eigenvalue weighted by molar-refractivity contribution is 5.95. The number of nitrogens with zero attached hydrogens (tertiary/aromatic N) is 1. The van der Waals surface area contributed by atoms with E-state index in [1.165, 1.54) is 21.1 Å². The van der Waals surface area contributed by atoms with Crippen LogP contribution in [0, 0.1) is 0 Å². The van der Waals surface area contributed by atoms with Gasteiger partial charge in [0.25, 0.3) is 5.91 Å². The first kappa shape index (κ1) is 17.6. The number of hydrogen-bond donors (Lipinski definition) is 1. The Morgan fingerprint density at radius 2 is 1.82 bits per heavy atom. The number of ether oxygens (including phenoxy) is 2. The summed E-state index contributed by atoms with van der Waals surface area (Å²) in [6, 6.07) is 4.95. The predicted molar refractivity (Wildman–Crippen MR) is 84.3 cm³/mol. The molecule has 1 N–H and O–H groups in total. The molecule has 22 heavy (non-hydrogen) atoms. The molecule has 0 aromatic heterocycles. The van der Waals surface area contributed by atoms with Crippen LogP contribution in [0.4, 0.5) is 0 Å². The lowest BCUT2D eigenvalue weighted by Crippen LogP contribution is -2.37. The molecular weight excluding hydrogens is 284 g/mol. The van der Waals surface area contributed by atoms with Crippen LogP contribution in [0.3, 0.4) is 0 Å². The highest BCUT2D eigenvalue weighted by atomic mass is 16.5. The predicted octanol–water partition coefficient (Wildman–Crippen LogP) is 1.47. The van der Waals surface area contributed by atoms with Crippen LogP contribution in [-0.2, 0) is 4.79 Å². The Balaban J connectivity index is 2.65. The molecule has 0 radical (unpaired) electrons. The molecule has 0 aliphatic carbocycles. The molecule has 1 aromatic rings. The van der Waals surface area contributed by atoms with Crippen LogP contribution in [0.5, 0.6) is 11.5 Å². The highest BCUT2D eigenvalue weighted by Gasteiger charge is 2.11. The first-order valence-electron chi connectivity index (χ1n) is 6.89. The maximum Gasteiger partial charge on any atom is 0.251 e. The van der Waals surface area contributed by atoms with E-state index in [1.807, 2.05) is 0 Å².